The van der Waals surface area contributed by atoms with E-state index in [1.165, 1.54) is 38.5 Å². The van der Waals surface area contributed by atoms with Crippen molar-refractivity contribution in [2.45, 2.75) is 64.1 Å². The zero-order chi connectivity index (χ0) is 17.3. The van der Waals surface area contributed by atoms with Gasteiger partial charge in [-0.2, -0.15) is 4.68 Å². The number of imidazole rings is 1. The Balaban J connectivity index is 1.41. The van der Waals surface area contributed by atoms with Crippen molar-refractivity contribution in [1.82, 2.24) is 30.0 Å². The highest BCUT2D eigenvalue weighted by atomic mass is 15.6. The fraction of sp³-hybridized carbons (Fsp3) is 0.667. The molecule has 0 saturated heterocycles. The summed E-state index contributed by atoms with van der Waals surface area (Å²) in [6, 6.07) is 0.519. The highest BCUT2D eigenvalue weighted by molar-refractivity contribution is 5.98. The molecular weight excluding hydrogens is 328 g/mol. The average Bonchev–Trinajstić information content (AvgIpc) is 3.10. The van der Waals surface area contributed by atoms with Crippen molar-refractivity contribution in [1.29, 1.82) is 0 Å². The second-order valence-corrected chi connectivity index (χ2v) is 8.66. The molecule has 2 fully saturated rings. The van der Waals surface area contributed by atoms with Crippen LogP contribution in [0.1, 0.15) is 57.2 Å². The molecule has 0 spiro atoms. The van der Waals surface area contributed by atoms with Crippen LogP contribution < -0.4 is 10.3 Å². The van der Waals surface area contributed by atoms with Crippen LogP contribution in [0.5, 0.6) is 0 Å². The second kappa shape index (κ2) is 5.08. The molecule has 1 N–H and O–H groups in total. The zero-order valence-corrected chi connectivity index (χ0v) is 15.0. The number of aromatic nitrogens is 5. The van der Waals surface area contributed by atoms with Crippen LogP contribution >= 0.6 is 0 Å². The van der Waals surface area contributed by atoms with Crippen LogP contribution in [0.4, 0.5) is 5.82 Å². The van der Waals surface area contributed by atoms with Gasteiger partial charge in [0, 0.05) is 12.0 Å². The summed E-state index contributed by atoms with van der Waals surface area (Å²) in [7, 11) is 0. The third-order valence-electron chi connectivity index (χ3n) is 6.75. The summed E-state index contributed by atoms with van der Waals surface area (Å²) >= 11 is 0. The van der Waals surface area contributed by atoms with Crippen LogP contribution in [0.15, 0.2) is 23.8 Å². The molecule has 8 nitrogen and oxygen atoms in total. The first-order chi connectivity index (χ1) is 12.7. The first-order valence-corrected chi connectivity index (χ1v) is 9.78. The van der Waals surface area contributed by atoms with Gasteiger partial charge in [0.05, 0.1) is 24.4 Å². The van der Waals surface area contributed by atoms with E-state index >= 15 is 0 Å². The molecule has 8 heteroatoms. The fourth-order valence-corrected chi connectivity index (χ4v) is 5.01. The first kappa shape index (κ1) is 14.8. The number of nitrogens with one attached hydrogen (secondary N) is 1. The lowest BCUT2D eigenvalue weighted by Crippen LogP contribution is -2.54. The molecule has 136 valence electrons. The lowest BCUT2D eigenvalue weighted by atomic mass is 9.80. The normalized spacial score (nSPS) is 30.9. The summed E-state index contributed by atoms with van der Waals surface area (Å²) in [6.07, 6.45) is 14.6. The minimum Gasteiger partial charge on any atom is -0.314 e. The van der Waals surface area contributed by atoms with Gasteiger partial charge in [0.1, 0.15) is 12.0 Å². The number of fused-ring (bicyclic) bond motifs is 6. The van der Waals surface area contributed by atoms with Crippen LogP contribution in [0, 0.1) is 11.3 Å². The maximum atomic E-state index is 4.72. The van der Waals surface area contributed by atoms with Crippen LogP contribution in [0.3, 0.4) is 0 Å². The molecule has 26 heavy (non-hydrogen) atoms. The van der Waals surface area contributed by atoms with Gasteiger partial charge in [-0.3, -0.25) is 10.3 Å². The number of anilines is 1. The van der Waals surface area contributed by atoms with Crippen molar-refractivity contribution in [3.8, 4) is 0 Å². The van der Waals surface area contributed by atoms with E-state index < -0.39 is 0 Å². The largest absolute Gasteiger partial charge is 0.314 e. The Morgan fingerprint density at radius 3 is 3.00 bits per heavy atom. The van der Waals surface area contributed by atoms with Crippen LogP contribution in [0.2, 0.25) is 0 Å². The number of hydrogen-bond acceptors (Lipinski definition) is 6. The summed E-state index contributed by atoms with van der Waals surface area (Å²) in [5, 5.41) is 13.3. The topological polar surface area (TPSA) is 76.2 Å². The van der Waals surface area contributed by atoms with E-state index in [4.69, 9.17) is 5.10 Å². The van der Waals surface area contributed by atoms with Gasteiger partial charge in [0.2, 0.25) is 0 Å². The Hall–Kier alpha value is -2.38. The molecule has 0 aromatic carbocycles. The van der Waals surface area contributed by atoms with E-state index in [9.17, 15) is 0 Å². The Morgan fingerprint density at radius 2 is 2.12 bits per heavy atom. The minimum absolute atomic E-state index is 0.188. The van der Waals surface area contributed by atoms with Gasteiger partial charge in [-0.25, -0.2) is 4.98 Å². The molecule has 2 aromatic rings. The summed E-state index contributed by atoms with van der Waals surface area (Å²) in [5.74, 6) is 2.48. The van der Waals surface area contributed by atoms with E-state index in [1.807, 2.05) is 23.4 Å². The van der Waals surface area contributed by atoms with Crippen molar-refractivity contribution in [3.63, 3.8) is 0 Å². The number of nitrogens with zero attached hydrogens (tertiary/aromatic N) is 7. The first-order valence-electron chi connectivity index (χ1n) is 9.78. The number of rotatable bonds is 2. The average molecular weight is 352 g/mol. The van der Waals surface area contributed by atoms with Crippen molar-refractivity contribution >= 4 is 11.8 Å². The Labute approximate surface area is 152 Å². The van der Waals surface area contributed by atoms with Crippen molar-refractivity contribution < 1.29 is 0 Å². The molecule has 4 heterocycles. The molecule has 2 aliphatic heterocycles. The van der Waals surface area contributed by atoms with Crippen LogP contribution in [-0.4, -0.2) is 36.7 Å². The Morgan fingerprint density at radius 1 is 1.23 bits per heavy atom. The third-order valence-corrected chi connectivity index (χ3v) is 6.75. The van der Waals surface area contributed by atoms with Gasteiger partial charge in [-0.1, -0.05) is 25.0 Å². The minimum atomic E-state index is 0.188. The van der Waals surface area contributed by atoms with Gasteiger partial charge >= 0.3 is 0 Å². The van der Waals surface area contributed by atoms with E-state index in [0.717, 1.165) is 23.9 Å². The van der Waals surface area contributed by atoms with E-state index in [-0.39, 0.29) is 6.17 Å². The maximum absolute atomic E-state index is 4.72. The smallest absolute Gasteiger partial charge is 0.252 e. The fourth-order valence-electron chi connectivity index (χ4n) is 5.01. The molecule has 3 unspecified atom stereocenters. The predicted octanol–water partition coefficient (Wildman–Crippen LogP) is 2.12. The van der Waals surface area contributed by atoms with Gasteiger partial charge in [-0.15, -0.1) is 10.2 Å². The van der Waals surface area contributed by atoms with Crippen molar-refractivity contribution in [2.75, 3.05) is 4.90 Å². The Bertz CT molecular complexity index is 875. The number of hydrogen-bond donors (Lipinski definition) is 1. The maximum Gasteiger partial charge on any atom is 0.252 e. The molecule has 2 saturated carbocycles. The van der Waals surface area contributed by atoms with E-state index in [1.54, 1.807) is 0 Å². The molecule has 0 bridgehead atoms. The molecule has 6 rings (SSSR count). The van der Waals surface area contributed by atoms with E-state index in [0.29, 0.717) is 17.4 Å². The van der Waals surface area contributed by atoms with Gasteiger partial charge in [-0.05, 0) is 37.5 Å². The number of hydrazone groups is 1. The zero-order valence-electron chi connectivity index (χ0n) is 15.0. The molecule has 2 aromatic heterocycles. The summed E-state index contributed by atoms with van der Waals surface area (Å²) in [4.78, 5) is 6.74. The lowest BCUT2D eigenvalue weighted by Gasteiger charge is -2.45. The molecule has 0 radical (unpaired) electrons. The highest BCUT2D eigenvalue weighted by Crippen LogP contribution is 2.48. The van der Waals surface area contributed by atoms with Gasteiger partial charge in [0.25, 0.3) is 5.96 Å². The molecule has 3 atom stereocenters. The Kier molecular flexibility index (Phi) is 2.88. The third kappa shape index (κ3) is 2.01. The molecular formula is C18H24N8. The molecule has 2 aliphatic carbocycles. The summed E-state index contributed by atoms with van der Waals surface area (Å²) in [5.41, 5.74) is 4.96. The van der Waals surface area contributed by atoms with Gasteiger partial charge in [0.15, 0.2) is 0 Å². The van der Waals surface area contributed by atoms with Crippen LogP contribution in [0.25, 0.3) is 0 Å². The molecule has 0 amide bonds. The summed E-state index contributed by atoms with van der Waals surface area (Å²) in [6.45, 7) is 2.34. The molecule has 4 aliphatic rings. The quantitative estimate of drug-likeness (QED) is 0.896. The van der Waals surface area contributed by atoms with Crippen LogP contribution in [-0.2, 0) is 6.42 Å². The predicted molar refractivity (Wildman–Crippen MR) is 96.5 cm³/mol. The standard InChI is InChI=1S/C18H24N8/c1-18(6-7-18)8-12-9-20-23-26(12)17-22-21-16-13-4-2-3-5-14(13)24-11-19-10-15(24)25(16)17/h9-11,13-14,16,21H,2-8H2,1H3. The van der Waals surface area contributed by atoms with Gasteiger partial charge < -0.3 is 4.57 Å². The SMILES string of the molecule is CC1(Cc2cnnn2C2=NNC3C4CCCCC4n4cncc4N23)CC1. The van der Waals surface area contributed by atoms with E-state index in [2.05, 4.69) is 37.1 Å². The lowest BCUT2D eigenvalue weighted by molar-refractivity contribution is 0.175. The highest BCUT2D eigenvalue weighted by Gasteiger charge is 2.48. The van der Waals surface area contributed by atoms with Crippen molar-refractivity contribution in [3.05, 3.63) is 24.4 Å². The monoisotopic (exact) mass is 352 g/mol. The second-order valence-electron chi connectivity index (χ2n) is 8.66. The summed E-state index contributed by atoms with van der Waals surface area (Å²) < 4.78 is 4.28. The van der Waals surface area contributed by atoms with Crippen molar-refractivity contribution in [2.24, 2.45) is 16.4 Å².